The minimum absolute atomic E-state index is 0.00639. The fourth-order valence-electron chi connectivity index (χ4n) is 2.05. The van der Waals surface area contributed by atoms with Gasteiger partial charge in [-0.2, -0.15) is 8.42 Å². The van der Waals surface area contributed by atoms with Gasteiger partial charge in [0.25, 0.3) is 10.1 Å². The minimum Gasteiger partial charge on any atom is -0.282 e. The van der Waals surface area contributed by atoms with E-state index in [9.17, 15) is 13.0 Å². The van der Waals surface area contributed by atoms with Crippen molar-refractivity contribution in [2.24, 2.45) is 0 Å². The predicted octanol–water partition coefficient (Wildman–Crippen LogP) is 7.12. The molecule has 3 nitrogen and oxygen atoms in total. The molecule has 0 heterocycles. The Morgan fingerprint density at radius 2 is 1.16 bits per heavy atom. The molecule has 146 valence electrons. The first kappa shape index (κ1) is 28.4. The molecule has 0 unspecified atom stereocenters. The topological polar surface area (TPSA) is 54.4 Å². The molecular weight excluding hydrogens is 332 g/mol. The molecule has 0 aliphatic heterocycles. The van der Waals surface area contributed by atoms with Crippen LogP contribution >= 0.6 is 0 Å². The van der Waals surface area contributed by atoms with Crippen LogP contribution in [0.4, 0.5) is 0 Å². The van der Waals surface area contributed by atoms with Crippen LogP contribution in [0.15, 0.2) is 29.2 Å². The maximum atomic E-state index is 11.3. The second kappa shape index (κ2) is 14.9. The molecule has 1 N–H and O–H groups in total. The van der Waals surface area contributed by atoms with Crippen LogP contribution in [0, 0.1) is 20.8 Å². The largest absolute Gasteiger partial charge is 0.294 e. The molecule has 0 atom stereocenters. The highest BCUT2D eigenvalue weighted by molar-refractivity contribution is 7.85. The van der Waals surface area contributed by atoms with Crippen molar-refractivity contribution in [1.82, 2.24) is 0 Å². The van der Waals surface area contributed by atoms with Gasteiger partial charge in [0.2, 0.25) is 0 Å². The second-order valence-electron chi connectivity index (χ2n) is 4.32. The molecule has 0 aliphatic rings. The van der Waals surface area contributed by atoms with Gasteiger partial charge in [0.15, 0.2) is 0 Å². The van der Waals surface area contributed by atoms with Gasteiger partial charge in [-0.15, -0.1) is 0 Å². The first-order chi connectivity index (χ1) is 11.8. The molecule has 0 aromatic heterocycles. The van der Waals surface area contributed by atoms with E-state index in [1.165, 1.54) is 6.07 Å². The molecule has 0 saturated heterocycles. The van der Waals surface area contributed by atoms with Gasteiger partial charge in [-0.3, -0.25) is 4.55 Å². The molecular formula is C21H38O3S. The van der Waals surface area contributed by atoms with Crippen LogP contribution in [0.5, 0.6) is 0 Å². The van der Waals surface area contributed by atoms with Gasteiger partial charge >= 0.3 is 0 Å². The van der Waals surface area contributed by atoms with E-state index in [0.717, 1.165) is 21.9 Å². The average Bonchev–Trinajstić information content (AvgIpc) is 2.64. The van der Waals surface area contributed by atoms with E-state index in [1.54, 1.807) is 6.92 Å². The monoisotopic (exact) mass is 370 g/mol. The van der Waals surface area contributed by atoms with Crippen LogP contribution in [-0.4, -0.2) is 13.0 Å². The summed E-state index contributed by atoms with van der Waals surface area (Å²) in [6.07, 6.45) is 0. The molecule has 0 fully saturated rings. The molecule has 2 aromatic carbocycles. The lowest BCUT2D eigenvalue weighted by Gasteiger charge is -2.10. The van der Waals surface area contributed by atoms with E-state index in [-0.39, 0.29) is 4.90 Å². The Hall–Kier alpha value is -1.39. The summed E-state index contributed by atoms with van der Waals surface area (Å²) < 4.78 is 31.8. The third-order valence-corrected chi connectivity index (χ3v) is 4.09. The Bertz CT molecular complexity index is 703. The van der Waals surface area contributed by atoms with Crippen molar-refractivity contribution in [3.05, 3.63) is 41.0 Å². The Kier molecular flexibility index (Phi) is 16.9. The molecule has 2 aromatic rings. The lowest BCUT2D eigenvalue weighted by atomic mass is 9.99. The number of aryl methyl sites for hydroxylation is 2. The normalized spacial score (nSPS) is 9.12. The Balaban J connectivity index is -0.000000533. The van der Waals surface area contributed by atoms with Crippen molar-refractivity contribution in [3.63, 3.8) is 0 Å². The third-order valence-electron chi connectivity index (χ3n) is 3.11. The van der Waals surface area contributed by atoms with Crippen molar-refractivity contribution < 1.29 is 13.0 Å². The van der Waals surface area contributed by atoms with Crippen molar-refractivity contribution in [2.45, 2.75) is 81.1 Å². The molecule has 0 bridgehead atoms. The SMILES string of the molecule is CC.CC.CC.CC.Cc1ccc2c(C)c(C)c(S(=O)(=O)O)cc2c1. The highest BCUT2D eigenvalue weighted by atomic mass is 32.2. The maximum Gasteiger partial charge on any atom is 0.294 e. The van der Waals surface area contributed by atoms with Crippen LogP contribution in [0.1, 0.15) is 72.1 Å². The zero-order valence-electron chi connectivity index (χ0n) is 18.0. The molecule has 0 amide bonds. The van der Waals surface area contributed by atoms with Gasteiger partial charge in [-0.25, -0.2) is 0 Å². The fourth-order valence-corrected chi connectivity index (χ4v) is 2.86. The van der Waals surface area contributed by atoms with Gasteiger partial charge in [-0.05, 0) is 48.7 Å². The van der Waals surface area contributed by atoms with Crippen molar-refractivity contribution in [1.29, 1.82) is 0 Å². The summed E-state index contributed by atoms with van der Waals surface area (Å²) >= 11 is 0. The van der Waals surface area contributed by atoms with Crippen molar-refractivity contribution >= 4 is 20.9 Å². The van der Waals surface area contributed by atoms with Crippen LogP contribution in [0.2, 0.25) is 0 Å². The van der Waals surface area contributed by atoms with Crippen molar-refractivity contribution in [2.75, 3.05) is 0 Å². The Morgan fingerprint density at radius 1 is 0.720 bits per heavy atom. The zero-order chi connectivity index (χ0) is 20.8. The summed E-state index contributed by atoms with van der Waals surface area (Å²) in [7, 11) is -4.16. The van der Waals surface area contributed by atoms with Crippen LogP contribution < -0.4 is 0 Å². The summed E-state index contributed by atoms with van der Waals surface area (Å²) in [5, 5.41) is 1.85. The third kappa shape index (κ3) is 8.50. The summed E-state index contributed by atoms with van der Waals surface area (Å²) in [6, 6.07) is 7.40. The molecule has 0 radical (unpaired) electrons. The summed E-state index contributed by atoms with van der Waals surface area (Å²) in [5.74, 6) is 0. The Labute approximate surface area is 156 Å². The number of hydrogen-bond acceptors (Lipinski definition) is 2. The van der Waals surface area contributed by atoms with Gasteiger partial charge in [-0.1, -0.05) is 79.2 Å². The van der Waals surface area contributed by atoms with E-state index >= 15 is 0 Å². The van der Waals surface area contributed by atoms with Gasteiger partial charge in [0, 0.05) is 0 Å². The smallest absolute Gasteiger partial charge is 0.282 e. The van der Waals surface area contributed by atoms with Gasteiger partial charge in [0.05, 0.1) is 4.90 Å². The average molecular weight is 371 g/mol. The van der Waals surface area contributed by atoms with Crippen LogP contribution in [0.25, 0.3) is 10.8 Å². The second-order valence-corrected chi connectivity index (χ2v) is 5.71. The molecule has 4 heteroatoms. The molecule has 2 rings (SSSR count). The van der Waals surface area contributed by atoms with E-state index < -0.39 is 10.1 Å². The quantitative estimate of drug-likeness (QED) is 0.544. The fraction of sp³-hybridized carbons (Fsp3) is 0.524. The van der Waals surface area contributed by atoms with E-state index in [1.807, 2.05) is 87.4 Å². The predicted molar refractivity (Wildman–Crippen MR) is 113 cm³/mol. The van der Waals surface area contributed by atoms with Gasteiger partial charge < -0.3 is 0 Å². The number of hydrogen-bond donors (Lipinski definition) is 1. The first-order valence-electron chi connectivity index (χ1n) is 9.29. The van der Waals surface area contributed by atoms with Crippen molar-refractivity contribution in [3.8, 4) is 0 Å². The van der Waals surface area contributed by atoms with Gasteiger partial charge in [0.1, 0.15) is 0 Å². The number of rotatable bonds is 1. The standard InChI is InChI=1S/C13H14O3S.4C2H6/c1-8-4-5-12-9(2)10(3)13(17(14,15)16)7-11(12)6-8;4*1-2/h4-7H,1-3H3,(H,14,15,16);4*1-2H3. The highest BCUT2D eigenvalue weighted by Gasteiger charge is 2.16. The minimum atomic E-state index is -4.16. The summed E-state index contributed by atoms with van der Waals surface area (Å²) in [5.41, 5.74) is 2.54. The van der Waals surface area contributed by atoms with E-state index in [2.05, 4.69) is 0 Å². The number of fused-ring (bicyclic) bond motifs is 1. The summed E-state index contributed by atoms with van der Waals surface area (Å²) in [6.45, 7) is 21.5. The van der Waals surface area contributed by atoms with Crippen LogP contribution in [-0.2, 0) is 10.1 Å². The molecule has 0 saturated carbocycles. The maximum absolute atomic E-state index is 11.3. The highest BCUT2D eigenvalue weighted by Crippen LogP contribution is 2.28. The number of benzene rings is 2. The van der Waals surface area contributed by atoms with E-state index in [0.29, 0.717) is 5.56 Å². The lowest BCUT2D eigenvalue weighted by Crippen LogP contribution is -2.02. The van der Waals surface area contributed by atoms with Crippen LogP contribution in [0.3, 0.4) is 0 Å². The molecule has 0 spiro atoms. The molecule has 0 aliphatic carbocycles. The molecule has 25 heavy (non-hydrogen) atoms. The lowest BCUT2D eigenvalue weighted by molar-refractivity contribution is 0.482. The van der Waals surface area contributed by atoms with E-state index in [4.69, 9.17) is 0 Å². The first-order valence-corrected chi connectivity index (χ1v) is 10.7. The zero-order valence-corrected chi connectivity index (χ0v) is 18.8. The summed E-state index contributed by atoms with van der Waals surface area (Å²) in [4.78, 5) is -0.00639. The Morgan fingerprint density at radius 3 is 1.56 bits per heavy atom.